The lowest BCUT2D eigenvalue weighted by atomic mass is 10.3. The SMILES string of the molecule is COCc1nc(C)cc(N(C)Cc2nnc3ccccn23)n1. The minimum atomic E-state index is 0.399. The molecular weight excluding hydrogens is 280 g/mol. The van der Waals surface area contributed by atoms with Gasteiger partial charge in [0.2, 0.25) is 0 Å². The number of anilines is 1. The third-order valence-electron chi connectivity index (χ3n) is 3.31. The molecule has 114 valence electrons. The molecule has 0 radical (unpaired) electrons. The van der Waals surface area contributed by atoms with Crippen LogP contribution >= 0.6 is 0 Å². The second-order valence-corrected chi connectivity index (χ2v) is 5.12. The maximum atomic E-state index is 5.11. The Labute approximate surface area is 128 Å². The largest absolute Gasteiger partial charge is 0.377 e. The van der Waals surface area contributed by atoms with E-state index >= 15 is 0 Å². The van der Waals surface area contributed by atoms with Gasteiger partial charge in [0.05, 0.1) is 6.54 Å². The standard InChI is InChI=1S/C15H18N6O/c1-11-8-14(17-12(16-11)10-22-3)20(2)9-15-19-18-13-6-4-5-7-21(13)15/h4-8H,9-10H2,1-3H3. The van der Waals surface area contributed by atoms with Crippen LogP contribution in [0.4, 0.5) is 5.82 Å². The molecule has 0 saturated heterocycles. The highest BCUT2D eigenvalue weighted by atomic mass is 16.5. The highest BCUT2D eigenvalue weighted by Crippen LogP contribution is 2.14. The molecular formula is C15H18N6O. The van der Waals surface area contributed by atoms with Crippen LogP contribution in [0.15, 0.2) is 30.5 Å². The van der Waals surface area contributed by atoms with E-state index in [-0.39, 0.29) is 0 Å². The lowest BCUT2D eigenvalue weighted by molar-refractivity contribution is 0.177. The molecule has 0 saturated carbocycles. The van der Waals surface area contributed by atoms with E-state index in [1.165, 1.54) is 0 Å². The van der Waals surface area contributed by atoms with Crippen molar-refractivity contribution >= 4 is 11.5 Å². The molecule has 0 amide bonds. The van der Waals surface area contributed by atoms with Gasteiger partial charge in [0.25, 0.3) is 0 Å². The van der Waals surface area contributed by atoms with Gasteiger partial charge in [-0.1, -0.05) is 6.07 Å². The number of rotatable bonds is 5. The van der Waals surface area contributed by atoms with Gasteiger partial charge >= 0.3 is 0 Å². The van der Waals surface area contributed by atoms with Gasteiger partial charge in [0, 0.05) is 32.1 Å². The van der Waals surface area contributed by atoms with Crippen molar-refractivity contribution in [1.82, 2.24) is 24.6 Å². The molecule has 0 atom stereocenters. The van der Waals surface area contributed by atoms with Gasteiger partial charge in [-0.2, -0.15) is 0 Å². The van der Waals surface area contributed by atoms with Crippen molar-refractivity contribution in [3.8, 4) is 0 Å². The number of nitrogens with zero attached hydrogens (tertiary/aromatic N) is 6. The van der Waals surface area contributed by atoms with Crippen LogP contribution in [0.5, 0.6) is 0 Å². The topological polar surface area (TPSA) is 68.4 Å². The summed E-state index contributed by atoms with van der Waals surface area (Å²) in [5, 5.41) is 8.41. The zero-order valence-corrected chi connectivity index (χ0v) is 12.9. The van der Waals surface area contributed by atoms with Gasteiger partial charge in [-0.15, -0.1) is 10.2 Å². The fourth-order valence-electron chi connectivity index (χ4n) is 2.29. The van der Waals surface area contributed by atoms with E-state index in [4.69, 9.17) is 4.74 Å². The van der Waals surface area contributed by atoms with Crippen molar-refractivity contribution in [2.75, 3.05) is 19.1 Å². The van der Waals surface area contributed by atoms with E-state index in [2.05, 4.69) is 20.2 Å². The molecule has 3 rings (SSSR count). The molecule has 0 aromatic carbocycles. The summed E-state index contributed by atoms with van der Waals surface area (Å²) in [6, 6.07) is 7.79. The molecule has 22 heavy (non-hydrogen) atoms. The second kappa shape index (κ2) is 6.07. The van der Waals surface area contributed by atoms with Gasteiger partial charge in [0.1, 0.15) is 12.4 Å². The number of aryl methyl sites for hydroxylation is 1. The maximum Gasteiger partial charge on any atom is 0.160 e. The molecule has 0 bridgehead atoms. The Morgan fingerprint density at radius 1 is 1.23 bits per heavy atom. The summed E-state index contributed by atoms with van der Waals surface area (Å²) in [4.78, 5) is 10.9. The number of hydrogen-bond donors (Lipinski definition) is 0. The summed E-state index contributed by atoms with van der Waals surface area (Å²) in [5.41, 5.74) is 1.75. The fourth-order valence-corrected chi connectivity index (χ4v) is 2.29. The Morgan fingerprint density at radius 2 is 2.09 bits per heavy atom. The first kappa shape index (κ1) is 14.4. The van der Waals surface area contributed by atoms with Crippen molar-refractivity contribution in [1.29, 1.82) is 0 Å². The van der Waals surface area contributed by atoms with Gasteiger partial charge in [0.15, 0.2) is 17.3 Å². The Bertz CT molecular complexity index is 785. The Hall–Kier alpha value is -2.54. The average Bonchev–Trinajstić information content (AvgIpc) is 2.90. The van der Waals surface area contributed by atoms with Gasteiger partial charge < -0.3 is 9.64 Å². The molecule has 0 spiro atoms. The van der Waals surface area contributed by atoms with E-state index in [1.54, 1.807) is 7.11 Å². The summed E-state index contributed by atoms with van der Waals surface area (Å²) in [6.07, 6.45) is 1.96. The van der Waals surface area contributed by atoms with E-state index in [0.29, 0.717) is 19.0 Å². The van der Waals surface area contributed by atoms with Crippen LogP contribution in [0.25, 0.3) is 5.65 Å². The molecule has 7 nitrogen and oxygen atoms in total. The van der Waals surface area contributed by atoms with Gasteiger partial charge in [-0.05, 0) is 19.1 Å². The quantitative estimate of drug-likeness (QED) is 0.713. The van der Waals surface area contributed by atoms with Crippen LogP contribution in [0.3, 0.4) is 0 Å². The van der Waals surface area contributed by atoms with E-state index in [0.717, 1.165) is 23.0 Å². The highest BCUT2D eigenvalue weighted by molar-refractivity contribution is 5.41. The first-order valence-electron chi connectivity index (χ1n) is 7.00. The van der Waals surface area contributed by atoms with Crippen molar-refractivity contribution in [2.24, 2.45) is 0 Å². The predicted octanol–water partition coefficient (Wildman–Crippen LogP) is 1.61. The Kier molecular flexibility index (Phi) is 3.97. The fraction of sp³-hybridized carbons (Fsp3) is 0.333. The Morgan fingerprint density at radius 3 is 2.91 bits per heavy atom. The third-order valence-corrected chi connectivity index (χ3v) is 3.31. The lowest BCUT2D eigenvalue weighted by Crippen LogP contribution is -2.20. The number of ether oxygens (including phenoxy) is 1. The second-order valence-electron chi connectivity index (χ2n) is 5.12. The van der Waals surface area contributed by atoms with E-state index in [9.17, 15) is 0 Å². The smallest absolute Gasteiger partial charge is 0.160 e. The van der Waals surface area contributed by atoms with Crippen LogP contribution in [-0.2, 0) is 17.9 Å². The molecule has 0 aliphatic rings. The van der Waals surface area contributed by atoms with E-state index in [1.807, 2.05) is 53.7 Å². The molecule has 3 aromatic heterocycles. The molecule has 3 aromatic rings. The van der Waals surface area contributed by atoms with Crippen molar-refractivity contribution in [3.63, 3.8) is 0 Å². The van der Waals surface area contributed by atoms with Gasteiger partial charge in [-0.3, -0.25) is 4.40 Å². The van der Waals surface area contributed by atoms with Crippen molar-refractivity contribution in [2.45, 2.75) is 20.1 Å². The summed E-state index contributed by atoms with van der Waals surface area (Å²) < 4.78 is 7.08. The van der Waals surface area contributed by atoms with Crippen LogP contribution in [0, 0.1) is 6.92 Å². The van der Waals surface area contributed by atoms with E-state index < -0.39 is 0 Å². The maximum absolute atomic E-state index is 5.11. The summed E-state index contributed by atoms with van der Waals surface area (Å²) in [6.45, 7) is 2.95. The third kappa shape index (κ3) is 2.89. The zero-order chi connectivity index (χ0) is 15.5. The molecule has 7 heteroatoms. The highest BCUT2D eigenvalue weighted by Gasteiger charge is 2.11. The number of pyridine rings is 1. The summed E-state index contributed by atoms with van der Waals surface area (Å²) in [7, 11) is 3.61. The number of methoxy groups -OCH3 is 1. The number of fused-ring (bicyclic) bond motifs is 1. The molecule has 0 aliphatic heterocycles. The summed E-state index contributed by atoms with van der Waals surface area (Å²) >= 11 is 0. The molecule has 0 aliphatic carbocycles. The van der Waals surface area contributed by atoms with Crippen molar-refractivity contribution in [3.05, 3.63) is 47.8 Å². The first-order chi connectivity index (χ1) is 10.7. The van der Waals surface area contributed by atoms with Crippen LogP contribution in [0.1, 0.15) is 17.3 Å². The van der Waals surface area contributed by atoms with Crippen LogP contribution in [0.2, 0.25) is 0 Å². The average molecular weight is 298 g/mol. The predicted molar refractivity (Wildman–Crippen MR) is 82.6 cm³/mol. The Balaban J connectivity index is 1.86. The lowest BCUT2D eigenvalue weighted by Gasteiger charge is -2.18. The molecule has 0 unspecified atom stereocenters. The minimum Gasteiger partial charge on any atom is -0.377 e. The van der Waals surface area contributed by atoms with Crippen molar-refractivity contribution < 1.29 is 4.74 Å². The van der Waals surface area contributed by atoms with Gasteiger partial charge in [-0.25, -0.2) is 9.97 Å². The molecule has 3 heterocycles. The number of aromatic nitrogens is 5. The van der Waals surface area contributed by atoms with Crippen LogP contribution < -0.4 is 4.90 Å². The monoisotopic (exact) mass is 298 g/mol. The van der Waals surface area contributed by atoms with Crippen LogP contribution in [-0.4, -0.2) is 38.7 Å². The first-order valence-corrected chi connectivity index (χ1v) is 7.00. The number of hydrogen-bond acceptors (Lipinski definition) is 6. The zero-order valence-electron chi connectivity index (χ0n) is 12.9. The summed E-state index contributed by atoms with van der Waals surface area (Å²) in [5.74, 6) is 2.38. The molecule has 0 fully saturated rings. The molecule has 0 N–H and O–H groups in total. The normalized spacial score (nSPS) is 11.0. The minimum absolute atomic E-state index is 0.399.